The molecule has 1 saturated heterocycles. The second-order valence-corrected chi connectivity index (χ2v) is 10.6. The lowest BCUT2D eigenvalue weighted by molar-refractivity contribution is -0.116. The van der Waals surface area contributed by atoms with E-state index in [-0.39, 0.29) is 23.1 Å². The zero-order chi connectivity index (χ0) is 24.8. The van der Waals surface area contributed by atoms with Crippen LogP contribution in [0, 0.1) is 0 Å². The van der Waals surface area contributed by atoms with Gasteiger partial charge in [-0.25, -0.2) is 8.42 Å². The molecule has 1 fully saturated rings. The maximum Gasteiger partial charge on any atom is 0.243 e. The average molecular weight is 494 g/mol. The number of hydrogen-bond donors (Lipinski definition) is 1. The minimum atomic E-state index is -3.68. The number of nitrogens with zero attached hydrogens (tertiary/aromatic N) is 2. The molecule has 1 heterocycles. The minimum absolute atomic E-state index is 0.138. The van der Waals surface area contributed by atoms with E-state index in [0.29, 0.717) is 37.6 Å². The zero-order valence-corrected chi connectivity index (χ0v) is 20.9. The molecule has 1 amide bonds. The first kappa shape index (κ1) is 24.9. The van der Waals surface area contributed by atoms with Crippen molar-refractivity contribution >= 4 is 21.6 Å². The molecular formula is C27H31N3O4S. The first-order valence-corrected chi connectivity index (χ1v) is 13.1. The van der Waals surface area contributed by atoms with Crippen LogP contribution in [-0.2, 0) is 14.8 Å². The fourth-order valence-electron chi connectivity index (χ4n) is 4.31. The van der Waals surface area contributed by atoms with E-state index < -0.39 is 10.0 Å². The summed E-state index contributed by atoms with van der Waals surface area (Å²) in [5, 5.41) is 2.90. The number of carbonyl (C=O) groups excluding carboxylic acids is 1. The molecule has 3 aromatic carbocycles. The van der Waals surface area contributed by atoms with Crippen molar-refractivity contribution in [3.8, 4) is 5.75 Å². The number of anilines is 1. The van der Waals surface area contributed by atoms with Crippen molar-refractivity contribution in [1.29, 1.82) is 0 Å². The Morgan fingerprint density at radius 2 is 1.49 bits per heavy atom. The number of carbonyl (C=O) groups is 1. The van der Waals surface area contributed by atoms with Crippen molar-refractivity contribution in [3.63, 3.8) is 0 Å². The molecule has 184 valence electrons. The Hall–Kier alpha value is -3.20. The third kappa shape index (κ3) is 5.90. The first-order valence-electron chi connectivity index (χ1n) is 11.6. The molecule has 1 N–H and O–H groups in total. The van der Waals surface area contributed by atoms with Gasteiger partial charge in [0.1, 0.15) is 5.75 Å². The number of methoxy groups -OCH3 is 1. The predicted octanol–water partition coefficient (Wildman–Crippen LogP) is 3.79. The Balaban J connectivity index is 1.57. The summed E-state index contributed by atoms with van der Waals surface area (Å²) in [6.07, 6.45) is 0.201. The van der Waals surface area contributed by atoms with E-state index in [0.717, 1.165) is 11.1 Å². The lowest BCUT2D eigenvalue weighted by Crippen LogP contribution is -2.47. The van der Waals surface area contributed by atoms with Gasteiger partial charge in [-0.1, -0.05) is 60.7 Å². The van der Waals surface area contributed by atoms with Crippen LogP contribution in [-0.4, -0.2) is 63.9 Å². The Bertz CT molecular complexity index is 1200. The minimum Gasteiger partial charge on any atom is -0.495 e. The largest absolute Gasteiger partial charge is 0.495 e. The summed E-state index contributed by atoms with van der Waals surface area (Å²) in [6.45, 7) is 2.23. The van der Waals surface area contributed by atoms with Crippen LogP contribution in [0.15, 0.2) is 83.8 Å². The molecule has 8 heteroatoms. The normalized spacial score (nSPS) is 15.2. The standard InChI is InChI=1S/C27H31N3O4S/c1-29-15-17-30(18-16-29)35(32,33)23-13-14-26(34-2)25(19-23)28-27(31)20-24(21-9-5-3-6-10-21)22-11-7-4-8-12-22/h3-14,19,24H,15-18,20H2,1-2H3,(H,28,31). The highest BCUT2D eigenvalue weighted by Gasteiger charge is 2.28. The molecule has 0 radical (unpaired) electrons. The second kappa shape index (κ2) is 11.0. The van der Waals surface area contributed by atoms with Crippen molar-refractivity contribution in [3.05, 3.63) is 90.0 Å². The number of amides is 1. The molecule has 4 rings (SSSR count). The van der Waals surface area contributed by atoms with E-state index in [1.807, 2.05) is 67.7 Å². The number of piperazine rings is 1. The molecule has 1 aliphatic heterocycles. The highest BCUT2D eigenvalue weighted by Crippen LogP contribution is 2.32. The van der Waals surface area contributed by atoms with Crippen LogP contribution in [0.3, 0.4) is 0 Å². The molecule has 0 spiro atoms. The Morgan fingerprint density at radius 1 is 0.914 bits per heavy atom. The number of ether oxygens (including phenoxy) is 1. The van der Waals surface area contributed by atoms with Gasteiger partial charge in [-0.2, -0.15) is 4.31 Å². The Morgan fingerprint density at radius 3 is 2.03 bits per heavy atom. The van der Waals surface area contributed by atoms with Gasteiger partial charge in [0.25, 0.3) is 0 Å². The lowest BCUT2D eigenvalue weighted by atomic mass is 9.88. The summed E-state index contributed by atoms with van der Waals surface area (Å²) in [6, 6.07) is 24.4. The van der Waals surface area contributed by atoms with Gasteiger partial charge in [-0.3, -0.25) is 4.79 Å². The Kier molecular flexibility index (Phi) is 7.85. The monoisotopic (exact) mass is 493 g/mol. The predicted molar refractivity (Wildman–Crippen MR) is 137 cm³/mol. The van der Waals surface area contributed by atoms with Crippen molar-refractivity contribution in [2.24, 2.45) is 0 Å². The molecule has 35 heavy (non-hydrogen) atoms. The molecular weight excluding hydrogens is 462 g/mol. The maximum atomic E-state index is 13.2. The molecule has 3 aromatic rings. The van der Waals surface area contributed by atoms with Crippen LogP contribution < -0.4 is 10.1 Å². The average Bonchev–Trinajstić information content (AvgIpc) is 2.88. The number of sulfonamides is 1. The van der Waals surface area contributed by atoms with Gasteiger partial charge in [-0.05, 0) is 36.4 Å². The SMILES string of the molecule is COc1ccc(S(=O)(=O)N2CCN(C)CC2)cc1NC(=O)CC(c1ccccc1)c1ccccc1. The second-order valence-electron chi connectivity index (χ2n) is 8.70. The topological polar surface area (TPSA) is 79.0 Å². The summed E-state index contributed by atoms with van der Waals surface area (Å²) in [7, 11) is -0.206. The molecule has 0 aliphatic carbocycles. The third-order valence-electron chi connectivity index (χ3n) is 6.34. The van der Waals surface area contributed by atoms with E-state index in [1.54, 1.807) is 6.07 Å². The number of benzene rings is 3. The van der Waals surface area contributed by atoms with Gasteiger partial charge in [0, 0.05) is 38.5 Å². The maximum absolute atomic E-state index is 13.2. The molecule has 0 bridgehead atoms. The molecule has 7 nitrogen and oxygen atoms in total. The van der Waals surface area contributed by atoms with Crippen molar-refractivity contribution < 1.29 is 17.9 Å². The molecule has 0 aromatic heterocycles. The third-order valence-corrected chi connectivity index (χ3v) is 8.23. The van der Waals surface area contributed by atoms with Crippen LogP contribution in [0.4, 0.5) is 5.69 Å². The van der Waals surface area contributed by atoms with Crippen LogP contribution >= 0.6 is 0 Å². The van der Waals surface area contributed by atoms with Gasteiger partial charge in [0.15, 0.2) is 0 Å². The van der Waals surface area contributed by atoms with Crippen LogP contribution in [0.5, 0.6) is 5.75 Å². The highest BCUT2D eigenvalue weighted by molar-refractivity contribution is 7.89. The quantitative estimate of drug-likeness (QED) is 0.517. The van der Waals surface area contributed by atoms with Gasteiger partial charge in [0.2, 0.25) is 15.9 Å². The van der Waals surface area contributed by atoms with Crippen LogP contribution in [0.1, 0.15) is 23.5 Å². The summed E-state index contributed by atoms with van der Waals surface area (Å²) >= 11 is 0. The molecule has 0 atom stereocenters. The number of likely N-dealkylation sites (N-methyl/N-ethyl adjacent to an activating group) is 1. The number of hydrogen-bond acceptors (Lipinski definition) is 5. The van der Waals surface area contributed by atoms with E-state index in [2.05, 4.69) is 10.2 Å². The molecule has 0 saturated carbocycles. The van der Waals surface area contributed by atoms with Gasteiger partial charge >= 0.3 is 0 Å². The number of nitrogens with one attached hydrogen (secondary N) is 1. The smallest absolute Gasteiger partial charge is 0.243 e. The molecule has 1 aliphatic rings. The highest BCUT2D eigenvalue weighted by atomic mass is 32.2. The van der Waals surface area contributed by atoms with Gasteiger partial charge in [-0.15, -0.1) is 0 Å². The van der Waals surface area contributed by atoms with Crippen molar-refractivity contribution in [2.75, 3.05) is 45.7 Å². The lowest BCUT2D eigenvalue weighted by Gasteiger charge is -2.31. The van der Waals surface area contributed by atoms with Crippen LogP contribution in [0.25, 0.3) is 0 Å². The fraction of sp³-hybridized carbons (Fsp3) is 0.296. The van der Waals surface area contributed by atoms with E-state index in [1.165, 1.54) is 23.5 Å². The number of rotatable bonds is 8. The first-order chi connectivity index (χ1) is 16.9. The van der Waals surface area contributed by atoms with E-state index in [4.69, 9.17) is 4.74 Å². The van der Waals surface area contributed by atoms with E-state index >= 15 is 0 Å². The fourth-order valence-corrected chi connectivity index (χ4v) is 5.76. The summed E-state index contributed by atoms with van der Waals surface area (Å²) in [4.78, 5) is 15.4. The van der Waals surface area contributed by atoms with E-state index in [9.17, 15) is 13.2 Å². The van der Waals surface area contributed by atoms with Crippen molar-refractivity contribution in [1.82, 2.24) is 9.21 Å². The summed E-state index contributed by atoms with van der Waals surface area (Å²) in [5.74, 6) is 0.0439. The summed E-state index contributed by atoms with van der Waals surface area (Å²) in [5.41, 5.74) is 2.41. The van der Waals surface area contributed by atoms with Crippen molar-refractivity contribution in [2.45, 2.75) is 17.2 Å². The Labute approximate surface area is 207 Å². The van der Waals surface area contributed by atoms with Gasteiger partial charge < -0.3 is 15.0 Å². The molecule has 0 unspecified atom stereocenters. The zero-order valence-electron chi connectivity index (χ0n) is 20.1. The summed E-state index contributed by atoms with van der Waals surface area (Å²) < 4.78 is 33.4. The van der Waals surface area contributed by atoms with Crippen LogP contribution in [0.2, 0.25) is 0 Å². The van der Waals surface area contributed by atoms with Gasteiger partial charge in [0.05, 0.1) is 17.7 Å².